The molecule has 4 amide bonds. The Balaban J connectivity index is 1.29. The van der Waals surface area contributed by atoms with E-state index in [1.54, 1.807) is 53.4 Å². The van der Waals surface area contributed by atoms with Crippen LogP contribution < -0.4 is 26.4 Å². The normalized spacial score (nSPS) is 16.7. The lowest BCUT2D eigenvalue weighted by atomic mass is 10.0. The first-order valence-corrected chi connectivity index (χ1v) is 16.5. The van der Waals surface area contributed by atoms with Crippen LogP contribution >= 0.6 is 0 Å². The van der Waals surface area contributed by atoms with Gasteiger partial charge in [-0.25, -0.2) is 9.18 Å². The molecule has 12 heteroatoms. The average molecular weight is 683 g/mol. The fraction of sp³-hybridized carbons (Fsp3) is 0.289. The second-order valence-corrected chi connectivity index (χ2v) is 12.7. The zero-order valence-corrected chi connectivity index (χ0v) is 28.4. The average Bonchev–Trinajstić information content (AvgIpc) is 3.13. The lowest BCUT2D eigenvalue weighted by Crippen LogP contribution is -2.47. The molecular weight excluding hydrogens is 639 g/mol. The molecule has 50 heavy (non-hydrogen) atoms. The first kappa shape index (κ1) is 35.8. The van der Waals surface area contributed by atoms with Gasteiger partial charge in [-0.1, -0.05) is 31.2 Å². The smallest absolute Gasteiger partial charge is 0.323 e. The van der Waals surface area contributed by atoms with E-state index < -0.39 is 17.9 Å². The largest absolute Gasteiger partial charge is 0.488 e. The molecule has 0 aromatic heterocycles. The summed E-state index contributed by atoms with van der Waals surface area (Å²) in [6.45, 7) is 5.13. The number of carbonyl (C=O) groups is 3. The number of amides is 4. The van der Waals surface area contributed by atoms with Crippen molar-refractivity contribution in [3.63, 3.8) is 0 Å². The number of aliphatic hydroxyl groups excluding tert-OH is 1. The van der Waals surface area contributed by atoms with Crippen molar-refractivity contribution >= 4 is 40.6 Å². The molecule has 11 nitrogen and oxygen atoms in total. The second-order valence-electron chi connectivity index (χ2n) is 12.7. The molecular formula is C38H43FN6O5. The van der Waals surface area contributed by atoms with Crippen molar-refractivity contribution < 1.29 is 28.6 Å². The molecule has 0 saturated carbocycles. The number of nitrogen functional groups attached to an aromatic ring is 1. The second kappa shape index (κ2) is 16.3. The number of fused-ring (bicyclic) bond motifs is 1. The van der Waals surface area contributed by atoms with Crippen LogP contribution in [0.3, 0.4) is 0 Å². The van der Waals surface area contributed by atoms with Crippen LogP contribution in [0.15, 0.2) is 91.0 Å². The number of para-hydroxylation sites is 2. The summed E-state index contributed by atoms with van der Waals surface area (Å²) < 4.78 is 19.9. The molecule has 0 fully saturated rings. The number of hydrogen-bond acceptors (Lipinski definition) is 7. The molecule has 5 rings (SSSR count). The third kappa shape index (κ3) is 9.36. The summed E-state index contributed by atoms with van der Waals surface area (Å²) in [6, 6.07) is 24.1. The maximum atomic E-state index is 13.6. The summed E-state index contributed by atoms with van der Waals surface area (Å²) in [7, 11) is 1.98. The van der Waals surface area contributed by atoms with Gasteiger partial charge in [-0.3, -0.25) is 14.5 Å². The predicted octanol–water partition coefficient (Wildman–Crippen LogP) is 5.59. The van der Waals surface area contributed by atoms with Gasteiger partial charge in [0.05, 0.1) is 30.4 Å². The van der Waals surface area contributed by atoms with E-state index in [2.05, 4.69) is 20.9 Å². The summed E-state index contributed by atoms with van der Waals surface area (Å²) in [5.41, 5.74) is 9.99. The zero-order valence-electron chi connectivity index (χ0n) is 28.4. The van der Waals surface area contributed by atoms with Crippen LogP contribution in [0.5, 0.6) is 5.75 Å². The number of rotatable bonds is 10. The number of urea groups is 1. The number of nitrogens with two attached hydrogens (primary N) is 1. The molecule has 1 aliphatic heterocycles. The summed E-state index contributed by atoms with van der Waals surface area (Å²) in [4.78, 5) is 42.9. The number of carbonyl (C=O) groups excluding carboxylic acids is 3. The molecule has 0 unspecified atom stereocenters. The Morgan fingerprint density at radius 1 is 1.00 bits per heavy atom. The Labute approximate surface area is 291 Å². The van der Waals surface area contributed by atoms with Crippen molar-refractivity contribution in [3.05, 3.63) is 114 Å². The number of benzene rings is 4. The molecule has 262 valence electrons. The Morgan fingerprint density at radius 2 is 1.68 bits per heavy atom. The Kier molecular flexibility index (Phi) is 11.7. The van der Waals surface area contributed by atoms with Gasteiger partial charge in [0.1, 0.15) is 17.7 Å². The van der Waals surface area contributed by atoms with Crippen molar-refractivity contribution in [2.45, 2.75) is 39.0 Å². The highest BCUT2D eigenvalue weighted by Gasteiger charge is 2.31. The van der Waals surface area contributed by atoms with Crippen molar-refractivity contribution in [1.29, 1.82) is 0 Å². The van der Waals surface area contributed by atoms with E-state index in [9.17, 15) is 23.9 Å². The number of aliphatic hydroxyl groups is 1. The number of halogens is 1. The number of ether oxygens (including phenoxy) is 1. The van der Waals surface area contributed by atoms with Crippen LogP contribution in [0.2, 0.25) is 0 Å². The maximum absolute atomic E-state index is 13.6. The molecule has 1 heterocycles. The van der Waals surface area contributed by atoms with Gasteiger partial charge in [0.25, 0.3) is 5.91 Å². The van der Waals surface area contributed by atoms with Gasteiger partial charge < -0.3 is 36.4 Å². The van der Waals surface area contributed by atoms with E-state index in [0.29, 0.717) is 59.3 Å². The molecule has 6 N–H and O–H groups in total. The molecule has 0 aliphatic carbocycles. The van der Waals surface area contributed by atoms with Gasteiger partial charge in [-0.15, -0.1) is 0 Å². The summed E-state index contributed by atoms with van der Waals surface area (Å²) in [6.07, 6.45) is -0.319. The zero-order chi connectivity index (χ0) is 35.8. The number of likely N-dealkylation sites (N-methyl/N-ethyl adjacent to an activating group) is 1. The number of nitrogens with one attached hydrogen (secondary N) is 3. The van der Waals surface area contributed by atoms with Gasteiger partial charge >= 0.3 is 6.03 Å². The van der Waals surface area contributed by atoms with Gasteiger partial charge in [0, 0.05) is 48.1 Å². The first-order chi connectivity index (χ1) is 24.0. The Bertz CT molecular complexity index is 1800. The summed E-state index contributed by atoms with van der Waals surface area (Å²) >= 11 is 0. The lowest BCUT2D eigenvalue weighted by molar-refractivity contribution is -0.134. The predicted molar refractivity (Wildman–Crippen MR) is 193 cm³/mol. The van der Waals surface area contributed by atoms with Gasteiger partial charge in [0.2, 0.25) is 5.91 Å². The number of nitrogens with zero attached hydrogens (tertiary/aromatic N) is 2. The van der Waals surface area contributed by atoms with E-state index >= 15 is 0 Å². The van der Waals surface area contributed by atoms with E-state index in [0.717, 1.165) is 5.56 Å². The Morgan fingerprint density at radius 3 is 2.38 bits per heavy atom. The molecule has 3 atom stereocenters. The molecule has 0 bridgehead atoms. The van der Waals surface area contributed by atoms with Gasteiger partial charge in [-0.05, 0) is 86.3 Å². The first-order valence-electron chi connectivity index (χ1n) is 16.5. The van der Waals surface area contributed by atoms with Crippen LogP contribution in [0.1, 0.15) is 35.3 Å². The summed E-state index contributed by atoms with van der Waals surface area (Å²) in [5, 5.41) is 18.2. The van der Waals surface area contributed by atoms with Crippen LogP contribution in [-0.2, 0) is 17.8 Å². The summed E-state index contributed by atoms with van der Waals surface area (Å²) in [5.74, 6) is -0.396. The van der Waals surface area contributed by atoms with Gasteiger partial charge in [0.15, 0.2) is 0 Å². The van der Waals surface area contributed by atoms with E-state index in [1.165, 1.54) is 24.3 Å². The van der Waals surface area contributed by atoms with E-state index in [-0.39, 0.29) is 36.9 Å². The van der Waals surface area contributed by atoms with Crippen LogP contribution in [0.25, 0.3) is 0 Å². The quantitative estimate of drug-likeness (QED) is 0.137. The molecule has 4 aromatic rings. The third-order valence-electron chi connectivity index (χ3n) is 8.65. The van der Waals surface area contributed by atoms with Gasteiger partial charge in [-0.2, -0.15) is 0 Å². The minimum Gasteiger partial charge on any atom is -0.488 e. The highest BCUT2D eigenvalue weighted by atomic mass is 19.1. The minimum absolute atomic E-state index is 0.0147. The van der Waals surface area contributed by atoms with Crippen molar-refractivity contribution in [3.8, 4) is 5.75 Å². The van der Waals surface area contributed by atoms with Crippen LogP contribution in [-0.4, -0.2) is 71.6 Å². The monoisotopic (exact) mass is 682 g/mol. The fourth-order valence-corrected chi connectivity index (χ4v) is 5.80. The third-order valence-corrected chi connectivity index (χ3v) is 8.65. The SMILES string of the molecule is C[C@@H]1CN([C@@H](C)CO)C(=O)Cc2cc(NC(=O)Nc3ccc(F)cc3)ccc2O[C@H]1CN(C)Cc1ccc(C(=O)Nc2ccccc2N)cc1. The molecule has 0 radical (unpaired) electrons. The van der Waals surface area contributed by atoms with E-state index in [1.807, 2.05) is 39.1 Å². The highest BCUT2D eigenvalue weighted by Crippen LogP contribution is 2.30. The number of anilines is 4. The fourth-order valence-electron chi connectivity index (χ4n) is 5.80. The number of hydrogen-bond donors (Lipinski definition) is 5. The standard InChI is InChI=1S/C38H43FN6O5/c1-24-20-45(25(2)23-46)36(47)19-28-18-31(42-38(49)41-30-14-12-29(39)13-15-30)16-17-34(28)50-35(24)22-44(3)21-26-8-10-27(11-9-26)37(48)43-33-7-5-4-6-32(33)40/h4-18,24-25,35,46H,19-23,40H2,1-3H3,(H,43,48)(H2,41,42,49)/t24-,25+,35+/m1/s1. The minimum atomic E-state index is -0.523. The molecule has 0 saturated heterocycles. The topological polar surface area (TPSA) is 149 Å². The Hall–Kier alpha value is -5.46. The van der Waals surface area contributed by atoms with Crippen LogP contribution in [0, 0.1) is 11.7 Å². The lowest BCUT2D eigenvalue weighted by Gasteiger charge is -2.34. The van der Waals surface area contributed by atoms with Crippen molar-refractivity contribution in [2.24, 2.45) is 5.92 Å². The maximum Gasteiger partial charge on any atom is 0.323 e. The van der Waals surface area contributed by atoms with Crippen molar-refractivity contribution in [1.82, 2.24) is 9.80 Å². The van der Waals surface area contributed by atoms with E-state index in [4.69, 9.17) is 10.5 Å². The highest BCUT2D eigenvalue weighted by molar-refractivity contribution is 6.05. The molecule has 1 aliphatic rings. The molecule has 0 spiro atoms. The van der Waals surface area contributed by atoms with Crippen molar-refractivity contribution in [2.75, 3.05) is 48.4 Å². The molecule has 4 aromatic carbocycles. The van der Waals surface area contributed by atoms with Crippen LogP contribution in [0.4, 0.5) is 31.9 Å².